The van der Waals surface area contributed by atoms with E-state index in [1.54, 1.807) is 25.3 Å². The number of hydrogen-bond acceptors (Lipinski definition) is 4. The number of amides is 2. The van der Waals surface area contributed by atoms with Gasteiger partial charge in [-0.2, -0.15) is 0 Å². The van der Waals surface area contributed by atoms with Gasteiger partial charge in [-0.25, -0.2) is 0 Å². The van der Waals surface area contributed by atoms with E-state index in [1.165, 1.54) is 11.8 Å². The summed E-state index contributed by atoms with van der Waals surface area (Å²) in [6.45, 7) is 1.98. The second kappa shape index (κ2) is 11.4. The van der Waals surface area contributed by atoms with E-state index in [2.05, 4.69) is 10.6 Å². The third-order valence-corrected chi connectivity index (χ3v) is 6.62. The molecule has 35 heavy (non-hydrogen) atoms. The Morgan fingerprint density at radius 2 is 1.49 bits per heavy atom. The lowest BCUT2D eigenvalue weighted by Crippen LogP contribution is -2.19. The van der Waals surface area contributed by atoms with Crippen molar-refractivity contribution >= 4 is 35.0 Å². The van der Waals surface area contributed by atoms with Gasteiger partial charge in [0.1, 0.15) is 11.0 Å². The van der Waals surface area contributed by atoms with Gasteiger partial charge in [0.2, 0.25) is 5.91 Å². The smallest absolute Gasteiger partial charge is 0.255 e. The average Bonchev–Trinajstić information content (AvgIpc) is 2.89. The zero-order chi connectivity index (χ0) is 24.6. The van der Waals surface area contributed by atoms with Crippen LogP contribution in [0.5, 0.6) is 5.75 Å². The molecular weight excluding hydrogens is 456 g/mol. The Hall–Kier alpha value is -4.03. The van der Waals surface area contributed by atoms with E-state index in [9.17, 15) is 9.59 Å². The maximum Gasteiger partial charge on any atom is 0.255 e. The zero-order valence-corrected chi connectivity index (χ0v) is 20.3. The van der Waals surface area contributed by atoms with Crippen molar-refractivity contribution in [2.75, 3.05) is 17.7 Å². The Bertz CT molecular complexity index is 1290. The fourth-order valence-corrected chi connectivity index (χ4v) is 4.50. The van der Waals surface area contributed by atoms with Crippen molar-refractivity contribution in [2.24, 2.45) is 0 Å². The molecule has 0 fully saturated rings. The van der Waals surface area contributed by atoms with Crippen molar-refractivity contribution in [1.82, 2.24) is 0 Å². The molecule has 2 N–H and O–H groups in total. The Morgan fingerprint density at radius 1 is 0.771 bits per heavy atom. The lowest BCUT2D eigenvalue weighted by molar-refractivity contribution is -0.115. The molecule has 6 heteroatoms. The first-order valence-corrected chi connectivity index (χ1v) is 12.0. The number of ether oxygens (including phenoxy) is 1. The highest BCUT2D eigenvalue weighted by molar-refractivity contribution is 8.00. The second-order valence-electron chi connectivity index (χ2n) is 7.97. The number of thioether (sulfide) groups is 1. The molecule has 0 bridgehead atoms. The number of benzene rings is 4. The summed E-state index contributed by atoms with van der Waals surface area (Å²) in [5.41, 5.74) is 3.97. The molecular formula is C29H26N2O3S. The summed E-state index contributed by atoms with van der Waals surface area (Å²) in [6, 6.07) is 31.9. The van der Waals surface area contributed by atoms with E-state index in [1.807, 2.05) is 91.9 Å². The summed E-state index contributed by atoms with van der Waals surface area (Å²) in [7, 11) is 1.59. The number of rotatable bonds is 8. The lowest BCUT2D eigenvalue weighted by atomic mass is 10.1. The first-order valence-electron chi connectivity index (χ1n) is 11.2. The number of methoxy groups -OCH3 is 1. The van der Waals surface area contributed by atoms with Crippen molar-refractivity contribution in [3.05, 3.63) is 120 Å². The number of carbonyl (C=O) groups is 2. The van der Waals surface area contributed by atoms with Crippen molar-refractivity contribution in [3.63, 3.8) is 0 Å². The molecule has 0 spiro atoms. The van der Waals surface area contributed by atoms with Crippen molar-refractivity contribution in [3.8, 4) is 5.75 Å². The zero-order valence-electron chi connectivity index (χ0n) is 19.5. The van der Waals surface area contributed by atoms with Crippen LogP contribution in [0.15, 0.2) is 108 Å². The second-order valence-corrected chi connectivity index (χ2v) is 9.15. The van der Waals surface area contributed by atoms with Crippen LogP contribution in [0.1, 0.15) is 26.7 Å². The molecule has 176 valence electrons. The number of hydrogen-bond donors (Lipinski definition) is 2. The van der Waals surface area contributed by atoms with Gasteiger partial charge in [0.25, 0.3) is 5.91 Å². The Kier molecular flexibility index (Phi) is 7.85. The minimum atomic E-state index is -0.463. The maximum absolute atomic E-state index is 13.3. The van der Waals surface area contributed by atoms with E-state index in [0.29, 0.717) is 22.7 Å². The molecule has 0 aromatic heterocycles. The number of nitrogens with one attached hydrogen (secondary N) is 2. The summed E-state index contributed by atoms with van der Waals surface area (Å²) in [6.07, 6.45) is 0. The molecule has 0 aliphatic heterocycles. The quantitative estimate of drug-likeness (QED) is 0.273. The first kappa shape index (κ1) is 24.1. The van der Waals surface area contributed by atoms with Gasteiger partial charge in [-0.3, -0.25) is 9.59 Å². The summed E-state index contributed by atoms with van der Waals surface area (Å²) < 4.78 is 5.26. The van der Waals surface area contributed by atoms with Crippen LogP contribution >= 0.6 is 11.8 Å². The lowest BCUT2D eigenvalue weighted by Gasteiger charge is -2.18. The van der Waals surface area contributed by atoms with Crippen molar-refractivity contribution < 1.29 is 14.3 Å². The topological polar surface area (TPSA) is 67.4 Å². The van der Waals surface area contributed by atoms with Crippen LogP contribution in [0.4, 0.5) is 11.4 Å². The molecule has 0 radical (unpaired) electrons. The van der Waals surface area contributed by atoms with Crippen LogP contribution in [0.25, 0.3) is 0 Å². The summed E-state index contributed by atoms with van der Waals surface area (Å²) in [5, 5.41) is 5.45. The van der Waals surface area contributed by atoms with Crippen LogP contribution in [-0.2, 0) is 4.79 Å². The SMILES string of the molecule is COc1cccc(NC(=O)C(Sc2ccc(NC(=O)c3ccc(C)cc3)cc2)c2ccccc2)c1. The monoisotopic (exact) mass is 482 g/mol. The molecule has 2 amide bonds. The molecule has 1 unspecified atom stereocenters. The number of carbonyl (C=O) groups excluding carboxylic acids is 2. The minimum absolute atomic E-state index is 0.133. The molecule has 0 heterocycles. The van der Waals surface area contributed by atoms with Gasteiger partial charge in [0, 0.05) is 27.9 Å². The van der Waals surface area contributed by atoms with E-state index < -0.39 is 5.25 Å². The number of anilines is 2. The summed E-state index contributed by atoms with van der Waals surface area (Å²) in [4.78, 5) is 26.7. The average molecular weight is 483 g/mol. The molecule has 5 nitrogen and oxygen atoms in total. The van der Waals surface area contributed by atoms with Crippen molar-refractivity contribution in [2.45, 2.75) is 17.1 Å². The van der Waals surface area contributed by atoms with Crippen LogP contribution in [0, 0.1) is 6.92 Å². The van der Waals surface area contributed by atoms with E-state index in [-0.39, 0.29) is 11.8 Å². The number of aryl methyl sites for hydroxylation is 1. The normalized spacial score (nSPS) is 11.4. The highest BCUT2D eigenvalue weighted by atomic mass is 32.2. The van der Waals surface area contributed by atoms with Crippen molar-refractivity contribution in [1.29, 1.82) is 0 Å². The predicted molar refractivity (Wildman–Crippen MR) is 142 cm³/mol. The minimum Gasteiger partial charge on any atom is -0.497 e. The van der Waals surface area contributed by atoms with Gasteiger partial charge in [0.05, 0.1) is 7.11 Å². The van der Waals surface area contributed by atoms with Gasteiger partial charge in [0.15, 0.2) is 0 Å². The van der Waals surface area contributed by atoms with Gasteiger partial charge in [-0.1, -0.05) is 54.1 Å². The van der Waals surface area contributed by atoms with Crippen LogP contribution in [0.3, 0.4) is 0 Å². The van der Waals surface area contributed by atoms with E-state index in [0.717, 1.165) is 16.0 Å². The van der Waals surface area contributed by atoms with E-state index >= 15 is 0 Å². The molecule has 0 aliphatic rings. The van der Waals surface area contributed by atoms with Crippen LogP contribution < -0.4 is 15.4 Å². The third kappa shape index (κ3) is 6.52. The fourth-order valence-electron chi connectivity index (χ4n) is 3.47. The molecule has 1 atom stereocenters. The molecule has 4 rings (SSSR count). The Labute approximate surface area is 209 Å². The largest absolute Gasteiger partial charge is 0.497 e. The maximum atomic E-state index is 13.3. The predicted octanol–water partition coefficient (Wildman–Crippen LogP) is 6.73. The Morgan fingerprint density at radius 3 is 2.17 bits per heavy atom. The molecule has 4 aromatic carbocycles. The molecule has 0 saturated carbocycles. The molecule has 0 saturated heterocycles. The first-order chi connectivity index (χ1) is 17.0. The van der Waals surface area contributed by atoms with Gasteiger partial charge < -0.3 is 15.4 Å². The Balaban J connectivity index is 1.48. The van der Waals surface area contributed by atoms with Crippen LogP contribution in [-0.4, -0.2) is 18.9 Å². The third-order valence-electron chi connectivity index (χ3n) is 5.36. The highest BCUT2D eigenvalue weighted by Crippen LogP contribution is 2.37. The summed E-state index contributed by atoms with van der Waals surface area (Å²) in [5.74, 6) is 0.381. The summed E-state index contributed by atoms with van der Waals surface area (Å²) >= 11 is 1.45. The van der Waals surface area contributed by atoms with Gasteiger partial charge in [-0.15, -0.1) is 11.8 Å². The van der Waals surface area contributed by atoms with Gasteiger partial charge in [-0.05, 0) is 61.0 Å². The van der Waals surface area contributed by atoms with Crippen LogP contribution in [0.2, 0.25) is 0 Å². The molecule has 0 aliphatic carbocycles. The standard InChI is InChI=1S/C29H26N2O3S/c1-20-11-13-22(14-12-20)28(32)30-23-15-17-26(18-16-23)35-27(21-7-4-3-5-8-21)29(33)31-24-9-6-10-25(19-24)34-2/h3-19,27H,1-2H3,(H,30,32)(H,31,33). The van der Waals surface area contributed by atoms with E-state index in [4.69, 9.17) is 4.74 Å². The highest BCUT2D eigenvalue weighted by Gasteiger charge is 2.22. The fraction of sp³-hybridized carbons (Fsp3) is 0.103. The van der Waals surface area contributed by atoms with Gasteiger partial charge >= 0.3 is 0 Å². The molecule has 4 aromatic rings.